The fraction of sp³-hybridized carbons (Fsp3) is 0.444. The molecule has 0 fully saturated rings. The van der Waals surface area contributed by atoms with Crippen molar-refractivity contribution < 1.29 is 9.21 Å². The summed E-state index contributed by atoms with van der Waals surface area (Å²) < 4.78 is 5.13. The van der Waals surface area contributed by atoms with Gasteiger partial charge in [-0.15, -0.1) is 0 Å². The molecule has 0 saturated heterocycles. The molecule has 1 heterocycles. The number of likely N-dealkylation sites (N-methyl/N-ethyl adjacent to an activating group) is 1. The lowest BCUT2D eigenvalue weighted by Crippen LogP contribution is -2.32. The molecule has 0 radical (unpaired) electrons. The minimum atomic E-state index is -0.356. The number of hydrogen-bond acceptors (Lipinski definition) is 3. The molecule has 4 heteroatoms. The highest BCUT2D eigenvalue weighted by Gasteiger charge is 2.22. The van der Waals surface area contributed by atoms with Crippen LogP contribution in [0, 0.1) is 0 Å². The third kappa shape index (κ3) is 2.09. The van der Waals surface area contributed by atoms with Crippen molar-refractivity contribution >= 4 is 5.91 Å². The maximum atomic E-state index is 11.6. The Hall–Kier alpha value is -1.29. The lowest BCUT2D eigenvalue weighted by Gasteiger charge is -2.16. The van der Waals surface area contributed by atoms with Gasteiger partial charge in [-0.3, -0.25) is 4.79 Å². The largest absolute Gasteiger partial charge is 0.468 e. The molecule has 1 atom stereocenters. The van der Waals surface area contributed by atoms with Crippen molar-refractivity contribution in [3.63, 3.8) is 0 Å². The quantitative estimate of drug-likeness (QED) is 0.736. The zero-order valence-corrected chi connectivity index (χ0v) is 7.86. The fourth-order valence-corrected chi connectivity index (χ4v) is 1.14. The number of nitrogens with zero attached hydrogens (tertiary/aromatic N) is 1. The zero-order valence-electron chi connectivity index (χ0n) is 7.86. The lowest BCUT2D eigenvalue weighted by molar-refractivity contribution is -0.130. The van der Waals surface area contributed by atoms with Crippen LogP contribution >= 0.6 is 0 Å². The summed E-state index contributed by atoms with van der Waals surface area (Å²) in [6, 6.07) is 3.51. The molecule has 0 saturated carbocycles. The van der Waals surface area contributed by atoms with Crippen LogP contribution in [0.25, 0.3) is 0 Å². The molecule has 0 aliphatic carbocycles. The van der Waals surface area contributed by atoms with Gasteiger partial charge < -0.3 is 15.1 Å². The monoisotopic (exact) mass is 182 g/mol. The van der Waals surface area contributed by atoms with Gasteiger partial charge in [0, 0.05) is 20.6 Å². The third-order valence-electron chi connectivity index (χ3n) is 1.86. The van der Waals surface area contributed by atoms with E-state index in [-0.39, 0.29) is 18.4 Å². The molecule has 0 aliphatic heterocycles. The van der Waals surface area contributed by atoms with Gasteiger partial charge in [0.1, 0.15) is 11.7 Å². The Morgan fingerprint density at radius 3 is 2.77 bits per heavy atom. The first-order chi connectivity index (χ1) is 6.16. The van der Waals surface area contributed by atoms with Crippen LogP contribution in [0.2, 0.25) is 0 Å². The highest BCUT2D eigenvalue weighted by atomic mass is 16.3. The summed E-state index contributed by atoms with van der Waals surface area (Å²) in [4.78, 5) is 13.1. The topological polar surface area (TPSA) is 59.5 Å². The molecule has 0 bridgehead atoms. The summed E-state index contributed by atoms with van der Waals surface area (Å²) in [6.07, 6.45) is 1.54. The van der Waals surface area contributed by atoms with Crippen molar-refractivity contribution in [1.82, 2.24) is 4.90 Å². The van der Waals surface area contributed by atoms with Crippen LogP contribution in [-0.2, 0) is 4.79 Å². The van der Waals surface area contributed by atoms with Crippen LogP contribution < -0.4 is 5.73 Å². The summed E-state index contributed by atoms with van der Waals surface area (Å²) >= 11 is 0. The van der Waals surface area contributed by atoms with Gasteiger partial charge in [0.2, 0.25) is 5.91 Å². The molecule has 0 spiro atoms. The maximum Gasteiger partial charge on any atom is 0.234 e. The zero-order chi connectivity index (χ0) is 9.84. The average molecular weight is 182 g/mol. The first-order valence-corrected chi connectivity index (χ1v) is 4.11. The Morgan fingerprint density at radius 2 is 2.38 bits per heavy atom. The van der Waals surface area contributed by atoms with Crippen LogP contribution in [0.4, 0.5) is 0 Å². The normalized spacial score (nSPS) is 12.5. The van der Waals surface area contributed by atoms with Crippen LogP contribution in [0.15, 0.2) is 22.8 Å². The van der Waals surface area contributed by atoms with Crippen molar-refractivity contribution in [2.75, 3.05) is 20.6 Å². The number of amides is 1. The Morgan fingerprint density at radius 1 is 1.69 bits per heavy atom. The number of hydrogen-bond donors (Lipinski definition) is 1. The Bertz CT molecular complexity index is 267. The summed E-state index contributed by atoms with van der Waals surface area (Å²) in [5.74, 6) is 0.239. The molecule has 2 N–H and O–H groups in total. The van der Waals surface area contributed by atoms with E-state index in [1.54, 1.807) is 32.5 Å². The van der Waals surface area contributed by atoms with Crippen LogP contribution in [0.5, 0.6) is 0 Å². The van der Waals surface area contributed by atoms with Gasteiger partial charge in [-0.05, 0) is 12.1 Å². The Labute approximate surface area is 77.3 Å². The van der Waals surface area contributed by atoms with Crippen molar-refractivity contribution in [2.45, 2.75) is 5.92 Å². The van der Waals surface area contributed by atoms with E-state index in [2.05, 4.69) is 0 Å². The smallest absolute Gasteiger partial charge is 0.234 e. The number of nitrogens with two attached hydrogens (primary N) is 1. The van der Waals surface area contributed by atoms with Crippen molar-refractivity contribution in [1.29, 1.82) is 0 Å². The number of carbonyl (C=O) groups is 1. The number of rotatable bonds is 3. The highest BCUT2D eigenvalue weighted by Crippen LogP contribution is 2.16. The van der Waals surface area contributed by atoms with Crippen LogP contribution in [0.3, 0.4) is 0 Å². The third-order valence-corrected chi connectivity index (χ3v) is 1.86. The van der Waals surface area contributed by atoms with Gasteiger partial charge in [-0.2, -0.15) is 0 Å². The molecule has 1 aromatic rings. The maximum absolute atomic E-state index is 11.6. The Kier molecular flexibility index (Phi) is 3.08. The first-order valence-electron chi connectivity index (χ1n) is 4.11. The molecule has 72 valence electrons. The first kappa shape index (κ1) is 9.80. The van der Waals surface area contributed by atoms with E-state index in [4.69, 9.17) is 10.2 Å². The molecule has 1 amide bonds. The summed E-state index contributed by atoms with van der Waals surface area (Å²) in [5, 5.41) is 0. The molecule has 4 nitrogen and oxygen atoms in total. The predicted molar refractivity (Wildman–Crippen MR) is 49.2 cm³/mol. The molecule has 0 aliphatic rings. The van der Waals surface area contributed by atoms with Gasteiger partial charge in [-0.25, -0.2) is 0 Å². The fourth-order valence-electron chi connectivity index (χ4n) is 1.14. The lowest BCUT2D eigenvalue weighted by atomic mass is 10.1. The van der Waals surface area contributed by atoms with Crippen molar-refractivity contribution in [3.8, 4) is 0 Å². The van der Waals surface area contributed by atoms with Crippen LogP contribution in [-0.4, -0.2) is 31.4 Å². The van der Waals surface area contributed by atoms with Gasteiger partial charge in [0.25, 0.3) is 0 Å². The van der Waals surface area contributed by atoms with E-state index in [1.165, 1.54) is 4.90 Å². The SMILES string of the molecule is CN(C)C(=O)C(CN)c1ccco1. The molecule has 1 unspecified atom stereocenters. The second-order valence-electron chi connectivity index (χ2n) is 3.04. The van der Waals surface area contributed by atoms with E-state index in [0.717, 1.165) is 0 Å². The van der Waals surface area contributed by atoms with Gasteiger partial charge in [0.15, 0.2) is 0 Å². The Balaban J connectivity index is 2.80. The standard InChI is InChI=1S/C9H14N2O2/c1-11(2)9(12)7(6-10)8-4-3-5-13-8/h3-5,7H,6,10H2,1-2H3. The summed E-state index contributed by atoms with van der Waals surface area (Å²) in [6.45, 7) is 0.268. The molecular weight excluding hydrogens is 168 g/mol. The second-order valence-corrected chi connectivity index (χ2v) is 3.04. The van der Waals surface area contributed by atoms with E-state index in [1.807, 2.05) is 0 Å². The molecule has 13 heavy (non-hydrogen) atoms. The molecule has 1 rings (SSSR count). The minimum absolute atomic E-state index is 0.0301. The predicted octanol–water partition coefficient (Wildman–Crippen LogP) is 0.410. The van der Waals surface area contributed by atoms with Gasteiger partial charge >= 0.3 is 0 Å². The number of furan rings is 1. The van der Waals surface area contributed by atoms with Gasteiger partial charge in [-0.1, -0.05) is 0 Å². The minimum Gasteiger partial charge on any atom is -0.468 e. The summed E-state index contributed by atoms with van der Waals surface area (Å²) in [7, 11) is 3.40. The van der Waals surface area contributed by atoms with Crippen molar-refractivity contribution in [2.24, 2.45) is 5.73 Å². The van der Waals surface area contributed by atoms with E-state index in [9.17, 15) is 4.79 Å². The van der Waals surface area contributed by atoms with Gasteiger partial charge in [0.05, 0.1) is 6.26 Å². The highest BCUT2D eigenvalue weighted by molar-refractivity contribution is 5.82. The average Bonchev–Trinajstić information content (AvgIpc) is 2.58. The van der Waals surface area contributed by atoms with Crippen molar-refractivity contribution in [3.05, 3.63) is 24.2 Å². The van der Waals surface area contributed by atoms with E-state index in [0.29, 0.717) is 5.76 Å². The second kappa shape index (κ2) is 4.09. The number of carbonyl (C=O) groups excluding carboxylic acids is 1. The van der Waals surface area contributed by atoms with E-state index >= 15 is 0 Å². The van der Waals surface area contributed by atoms with E-state index < -0.39 is 0 Å². The molecule has 0 aromatic carbocycles. The molecule has 1 aromatic heterocycles. The van der Waals surface area contributed by atoms with Crippen LogP contribution in [0.1, 0.15) is 11.7 Å². The molecular formula is C9H14N2O2. The summed E-state index contributed by atoms with van der Waals surface area (Å²) in [5.41, 5.74) is 5.50.